The van der Waals surface area contributed by atoms with E-state index in [9.17, 15) is 4.79 Å². The SMILES string of the molecule is O=C1CCCC1CCN(CCO)C1CCCC1. The summed E-state index contributed by atoms with van der Waals surface area (Å²) in [7, 11) is 0. The molecule has 1 N–H and O–H groups in total. The number of rotatable bonds is 6. The lowest BCUT2D eigenvalue weighted by atomic mass is 10.0. The third kappa shape index (κ3) is 3.52. The van der Waals surface area contributed by atoms with Crippen LogP contribution >= 0.6 is 0 Å². The van der Waals surface area contributed by atoms with Gasteiger partial charge in [-0.1, -0.05) is 12.8 Å². The molecule has 0 aliphatic heterocycles. The molecule has 98 valence electrons. The highest BCUT2D eigenvalue weighted by atomic mass is 16.3. The van der Waals surface area contributed by atoms with Gasteiger partial charge in [0.2, 0.25) is 0 Å². The van der Waals surface area contributed by atoms with E-state index in [0.29, 0.717) is 17.7 Å². The van der Waals surface area contributed by atoms with Crippen molar-refractivity contribution in [1.82, 2.24) is 4.90 Å². The van der Waals surface area contributed by atoms with E-state index in [1.165, 1.54) is 25.7 Å². The van der Waals surface area contributed by atoms with Crippen LogP contribution in [0.15, 0.2) is 0 Å². The number of aliphatic hydroxyl groups excluding tert-OH is 1. The zero-order valence-corrected chi connectivity index (χ0v) is 10.7. The molecular weight excluding hydrogens is 214 g/mol. The number of aliphatic hydroxyl groups is 1. The Morgan fingerprint density at radius 1 is 1.12 bits per heavy atom. The van der Waals surface area contributed by atoms with Crippen LogP contribution in [0, 0.1) is 5.92 Å². The van der Waals surface area contributed by atoms with Crippen LogP contribution in [-0.2, 0) is 4.79 Å². The molecule has 0 bridgehead atoms. The zero-order chi connectivity index (χ0) is 12.1. The van der Waals surface area contributed by atoms with Crippen LogP contribution in [0.4, 0.5) is 0 Å². The first kappa shape index (κ1) is 13.0. The maximum absolute atomic E-state index is 11.6. The van der Waals surface area contributed by atoms with Crippen molar-refractivity contribution in [3.63, 3.8) is 0 Å². The summed E-state index contributed by atoms with van der Waals surface area (Å²) >= 11 is 0. The zero-order valence-electron chi connectivity index (χ0n) is 10.7. The van der Waals surface area contributed by atoms with Crippen molar-refractivity contribution < 1.29 is 9.90 Å². The van der Waals surface area contributed by atoms with Gasteiger partial charge in [-0.05, 0) is 38.6 Å². The van der Waals surface area contributed by atoms with Crippen LogP contribution in [0.5, 0.6) is 0 Å². The summed E-state index contributed by atoms with van der Waals surface area (Å²) in [5, 5.41) is 9.13. The van der Waals surface area contributed by atoms with Crippen molar-refractivity contribution in [2.45, 2.75) is 57.4 Å². The number of nitrogens with zero attached hydrogens (tertiary/aromatic N) is 1. The van der Waals surface area contributed by atoms with E-state index in [-0.39, 0.29) is 6.61 Å². The molecule has 17 heavy (non-hydrogen) atoms. The Morgan fingerprint density at radius 2 is 1.88 bits per heavy atom. The molecule has 0 aromatic rings. The van der Waals surface area contributed by atoms with E-state index in [2.05, 4.69) is 4.90 Å². The topological polar surface area (TPSA) is 40.5 Å². The van der Waals surface area contributed by atoms with Crippen molar-refractivity contribution in [1.29, 1.82) is 0 Å². The van der Waals surface area contributed by atoms with Gasteiger partial charge in [-0.15, -0.1) is 0 Å². The predicted molar refractivity (Wildman–Crippen MR) is 67.9 cm³/mol. The lowest BCUT2D eigenvalue weighted by molar-refractivity contribution is -0.120. The van der Waals surface area contributed by atoms with Gasteiger partial charge in [-0.2, -0.15) is 0 Å². The molecule has 0 spiro atoms. The normalized spacial score (nSPS) is 26.2. The summed E-state index contributed by atoms with van der Waals surface area (Å²) in [4.78, 5) is 14.0. The fraction of sp³-hybridized carbons (Fsp3) is 0.929. The average molecular weight is 239 g/mol. The minimum Gasteiger partial charge on any atom is -0.395 e. The monoisotopic (exact) mass is 239 g/mol. The second-order valence-electron chi connectivity index (χ2n) is 5.54. The molecule has 2 rings (SSSR count). The summed E-state index contributed by atoms with van der Waals surface area (Å²) in [5.41, 5.74) is 0. The number of hydrogen-bond acceptors (Lipinski definition) is 3. The van der Waals surface area contributed by atoms with Crippen LogP contribution in [0.25, 0.3) is 0 Å². The average Bonchev–Trinajstić information content (AvgIpc) is 2.96. The Morgan fingerprint density at radius 3 is 2.47 bits per heavy atom. The Balaban J connectivity index is 1.78. The molecule has 2 fully saturated rings. The highest BCUT2D eigenvalue weighted by Gasteiger charge is 2.27. The van der Waals surface area contributed by atoms with E-state index in [4.69, 9.17) is 5.11 Å². The van der Waals surface area contributed by atoms with Crippen molar-refractivity contribution >= 4 is 5.78 Å². The molecule has 0 saturated heterocycles. The van der Waals surface area contributed by atoms with E-state index in [1.807, 2.05) is 0 Å². The van der Waals surface area contributed by atoms with Gasteiger partial charge < -0.3 is 5.11 Å². The number of Topliss-reactive ketones (excluding diaryl/α,β-unsaturated/α-hetero) is 1. The van der Waals surface area contributed by atoms with Crippen LogP contribution in [0.2, 0.25) is 0 Å². The first-order valence-electron chi connectivity index (χ1n) is 7.19. The van der Waals surface area contributed by atoms with Crippen molar-refractivity contribution in [3.8, 4) is 0 Å². The summed E-state index contributed by atoms with van der Waals surface area (Å²) in [6.45, 7) is 2.03. The molecule has 0 heterocycles. The number of ketones is 1. The molecule has 2 saturated carbocycles. The quantitative estimate of drug-likeness (QED) is 0.770. The smallest absolute Gasteiger partial charge is 0.136 e. The van der Waals surface area contributed by atoms with Crippen molar-refractivity contribution in [2.24, 2.45) is 5.92 Å². The van der Waals surface area contributed by atoms with Gasteiger partial charge in [0.05, 0.1) is 6.61 Å². The third-order valence-electron chi connectivity index (χ3n) is 4.42. The number of hydrogen-bond donors (Lipinski definition) is 1. The Labute approximate surface area is 104 Å². The Hall–Kier alpha value is -0.410. The van der Waals surface area contributed by atoms with E-state index < -0.39 is 0 Å². The highest BCUT2D eigenvalue weighted by Crippen LogP contribution is 2.27. The van der Waals surface area contributed by atoms with E-state index >= 15 is 0 Å². The molecule has 3 nitrogen and oxygen atoms in total. The highest BCUT2D eigenvalue weighted by molar-refractivity contribution is 5.82. The van der Waals surface area contributed by atoms with Crippen LogP contribution in [0.3, 0.4) is 0 Å². The third-order valence-corrected chi connectivity index (χ3v) is 4.42. The molecule has 2 aliphatic carbocycles. The van der Waals surface area contributed by atoms with Crippen molar-refractivity contribution in [3.05, 3.63) is 0 Å². The lowest BCUT2D eigenvalue weighted by Gasteiger charge is -2.28. The first-order valence-corrected chi connectivity index (χ1v) is 7.19. The molecule has 2 aliphatic rings. The number of carbonyl (C=O) groups excluding carboxylic acids is 1. The second kappa shape index (κ2) is 6.50. The molecule has 0 aromatic heterocycles. The number of carbonyl (C=O) groups is 1. The minimum atomic E-state index is 0.245. The summed E-state index contributed by atoms with van der Waals surface area (Å²) < 4.78 is 0. The molecule has 0 radical (unpaired) electrons. The van der Waals surface area contributed by atoms with E-state index in [1.54, 1.807) is 0 Å². The standard InChI is InChI=1S/C14H25NO2/c16-11-10-15(13-5-1-2-6-13)9-8-12-4-3-7-14(12)17/h12-13,16H,1-11H2. The van der Waals surface area contributed by atoms with Gasteiger partial charge in [-0.3, -0.25) is 9.69 Å². The minimum absolute atomic E-state index is 0.245. The van der Waals surface area contributed by atoms with Crippen LogP contribution in [0.1, 0.15) is 51.4 Å². The van der Waals surface area contributed by atoms with E-state index in [0.717, 1.165) is 38.8 Å². The Bertz CT molecular complexity index is 249. The molecular formula is C14H25NO2. The maximum Gasteiger partial charge on any atom is 0.136 e. The fourth-order valence-corrected chi connectivity index (χ4v) is 3.39. The summed E-state index contributed by atoms with van der Waals surface area (Å²) in [5.74, 6) is 0.790. The van der Waals surface area contributed by atoms with Gasteiger partial charge >= 0.3 is 0 Å². The Kier molecular flexibility index (Phi) is 4.99. The van der Waals surface area contributed by atoms with Gasteiger partial charge in [0.25, 0.3) is 0 Å². The molecule has 0 aromatic carbocycles. The van der Waals surface area contributed by atoms with Crippen molar-refractivity contribution in [2.75, 3.05) is 19.7 Å². The first-order chi connectivity index (χ1) is 8.31. The molecule has 1 atom stereocenters. The van der Waals surface area contributed by atoms with Crippen LogP contribution in [-0.4, -0.2) is 41.5 Å². The fourth-order valence-electron chi connectivity index (χ4n) is 3.39. The maximum atomic E-state index is 11.6. The largest absolute Gasteiger partial charge is 0.395 e. The molecule has 0 amide bonds. The predicted octanol–water partition coefficient (Wildman–Crippen LogP) is 1.98. The van der Waals surface area contributed by atoms with Gasteiger partial charge in [0.1, 0.15) is 5.78 Å². The summed E-state index contributed by atoms with van der Waals surface area (Å²) in [6.07, 6.45) is 9.20. The second-order valence-corrected chi connectivity index (χ2v) is 5.54. The van der Waals surface area contributed by atoms with Crippen LogP contribution < -0.4 is 0 Å². The lowest BCUT2D eigenvalue weighted by Crippen LogP contribution is -2.37. The molecule has 3 heteroatoms. The van der Waals surface area contributed by atoms with Gasteiger partial charge in [-0.25, -0.2) is 0 Å². The van der Waals surface area contributed by atoms with Gasteiger partial charge in [0.15, 0.2) is 0 Å². The summed E-state index contributed by atoms with van der Waals surface area (Å²) in [6, 6.07) is 0.665. The van der Waals surface area contributed by atoms with Gasteiger partial charge in [0, 0.05) is 24.9 Å². The molecule has 1 unspecified atom stereocenters.